The van der Waals surface area contributed by atoms with Crippen molar-refractivity contribution in [3.8, 4) is 0 Å². The number of likely N-dealkylation sites (tertiary alicyclic amines) is 1. The first-order valence-corrected chi connectivity index (χ1v) is 6.65. The van der Waals surface area contributed by atoms with Gasteiger partial charge in [0.15, 0.2) is 0 Å². The lowest BCUT2D eigenvalue weighted by Gasteiger charge is -2.33. The van der Waals surface area contributed by atoms with Crippen molar-refractivity contribution in [2.24, 2.45) is 11.8 Å². The minimum Gasteiger partial charge on any atom is -0.316 e. The highest BCUT2D eigenvalue weighted by Gasteiger charge is 2.18. The smallest absolute Gasteiger partial charge is 0.000439 e. The number of nitrogens with zero attached hydrogens (tertiary/aromatic N) is 1. The molecule has 0 aromatic carbocycles. The van der Waals surface area contributed by atoms with E-state index >= 15 is 0 Å². The van der Waals surface area contributed by atoms with E-state index in [1.165, 1.54) is 52.0 Å². The zero-order chi connectivity index (χ0) is 11.1. The molecule has 1 rings (SSSR count). The molecule has 1 aliphatic rings. The fourth-order valence-corrected chi connectivity index (χ4v) is 2.37. The Balaban J connectivity index is 2.07. The Hall–Kier alpha value is -0.0800. The average molecular weight is 212 g/mol. The van der Waals surface area contributed by atoms with Crippen LogP contribution < -0.4 is 5.32 Å². The Bertz CT molecular complexity index is 149. The van der Waals surface area contributed by atoms with Crippen molar-refractivity contribution in [2.45, 2.75) is 40.0 Å². The van der Waals surface area contributed by atoms with Crippen molar-refractivity contribution in [1.29, 1.82) is 0 Å². The van der Waals surface area contributed by atoms with Gasteiger partial charge in [-0.2, -0.15) is 0 Å². The lowest BCUT2D eigenvalue weighted by atomic mass is 9.96. The van der Waals surface area contributed by atoms with Gasteiger partial charge in [-0.05, 0) is 57.3 Å². The number of nitrogens with one attached hydrogen (secondary N) is 1. The molecule has 90 valence electrons. The minimum atomic E-state index is 0.819. The molecule has 0 bridgehead atoms. The molecule has 0 aliphatic carbocycles. The van der Waals surface area contributed by atoms with E-state index in [0.29, 0.717) is 0 Å². The highest BCUT2D eigenvalue weighted by molar-refractivity contribution is 4.74. The van der Waals surface area contributed by atoms with Crippen molar-refractivity contribution >= 4 is 0 Å². The van der Waals surface area contributed by atoms with Crippen molar-refractivity contribution in [3.63, 3.8) is 0 Å². The van der Waals surface area contributed by atoms with E-state index in [9.17, 15) is 0 Å². The SMILES string of the molecule is CCCNCC1CCN(CC(C)C)CC1. The van der Waals surface area contributed by atoms with Crippen molar-refractivity contribution in [3.05, 3.63) is 0 Å². The maximum Gasteiger partial charge on any atom is 0.000439 e. The Morgan fingerprint density at radius 1 is 1.27 bits per heavy atom. The molecule has 0 atom stereocenters. The highest BCUT2D eigenvalue weighted by atomic mass is 15.1. The molecule has 1 N–H and O–H groups in total. The molecule has 2 heteroatoms. The second kappa shape index (κ2) is 7.24. The first-order chi connectivity index (χ1) is 7.22. The third-order valence-electron chi connectivity index (χ3n) is 3.19. The van der Waals surface area contributed by atoms with Gasteiger partial charge < -0.3 is 10.2 Å². The Morgan fingerprint density at radius 2 is 1.93 bits per heavy atom. The number of piperidine rings is 1. The van der Waals surface area contributed by atoms with E-state index in [1.807, 2.05) is 0 Å². The summed E-state index contributed by atoms with van der Waals surface area (Å²) < 4.78 is 0. The topological polar surface area (TPSA) is 15.3 Å². The lowest BCUT2D eigenvalue weighted by molar-refractivity contribution is 0.166. The molecular formula is C13H28N2. The molecule has 0 radical (unpaired) electrons. The zero-order valence-corrected chi connectivity index (χ0v) is 10.8. The molecule has 0 amide bonds. The summed E-state index contributed by atoms with van der Waals surface area (Å²) in [4.78, 5) is 2.63. The van der Waals surface area contributed by atoms with Gasteiger partial charge in [0.25, 0.3) is 0 Å². The molecule has 1 aliphatic heterocycles. The summed E-state index contributed by atoms with van der Waals surface area (Å²) >= 11 is 0. The van der Waals surface area contributed by atoms with E-state index in [2.05, 4.69) is 31.0 Å². The molecule has 15 heavy (non-hydrogen) atoms. The van der Waals surface area contributed by atoms with Crippen LogP contribution in [0.5, 0.6) is 0 Å². The lowest BCUT2D eigenvalue weighted by Crippen LogP contribution is -2.39. The van der Waals surface area contributed by atoms with Gasteiger partial charge in [0.05, 0.1) is 0 Å². The van der Waals surface area contributed by atoms with Gasteiger partial charge in [-0.25, -0.2) is 0 Å². The Labute approximate surface area is 95.4 Å². The average Bonchev–Trinajstić information content (AvgIpc) is 2.20. The summed E-state index contributed by atoms with van der Waals surface area (Å²) in [6, 6.07) is 0. The highest BCUT2D eigenvalue weighted by Crippen LogP contribution is 2.17. The van der Waals surface area contributed by atoms with Crippen LogP contribution in [-0.4, -0.2) is 37.6 Å². The Morgan fingerprint density at radius 3 is 2.47 bits per heavy atom. The third-order valence-corrected chi connectivity index (χ3v) is 3.19. The molecule has 0 unspecified atom stereocenters. The zero-order valence-electron chi connectivity index (χ0n) is 10.8. The van der Waals surface area contributed by atoms with E-state index in [-0.39, 0.29) is 0 Å². The molecule has 0 spiro atoms. The fraction of sp³-hybridized carbons (Fsp3) is 1.00. The van der Waals surface area contributed by atoms with Crippen molar-refractivity contribution in [1.82, 2.24) is 10.2 Å². The standard InChI is InChI=1S/C13H28N2/c1-4-7-14-10-13-5-8-15(9-6-13)11-12(2)3/h12-14H,4-11H2,1-3H3. The first kappa shape index (κ1) is 13.0. The van der Waals surface area contributed by atoms with Crippen LogP contribution >= 0.6 is 0 Å². The molecule has 1 saturated heterocycles. The van der Waals surface area contributed by atoms with Crippen LogP contribution in [0, 0.1) is 11.8 Å². The molecule has 2 nitrogen and oxygen atoms in total. The molecule has 1 heterocycles. The van der Waals surface area contributed by atoms with Crippen LogP contribution in [0.3, 0.4) is 0 Å². The molecule has 1 fully saturated rings. The second-order valence-corrected chi connectivity index (χ2v) is 5.34. The van der Waals surface area contributed by atoms with Gasteiger partial charge in [0.2, 0.25) is 0 Å². The van der Waals surface area contributed by atoms with Gasteiger partial charge in [-0.15, -0.1) is 0 Å². The summed E-state index contributed by atoms with van der Waals surface area (Å²) in [7, 11) is 0. The van der Waals surface area contributed by atoms with E-state index in [1.54, 1.807) is 0 Å². The molecule has 0 saturated carbocycles. The van der Waals surface area contributed by atoms with Crippen LogP contribution in [-0.2, 0) is 0 Å². The van der Waals surface area contributed by atoms with Gasteiger partial charge in [0.1, 0.15) is 0 Å². The van der Waals surface area contributed by atoms with E-state index in [0.717, 1.165) is 11.8 Å². The summed E-state index contributed by atoms with van der Waals surface area (Å²) in [6.07, 6.45) is 4.04. The fourth-order valence-electron chi connectivity index (χ4n) is 2.37. The maximum atomic E-state index is 3.54. The normalized spacial score (nSPS) is 20.0. The van der Waals surface area contributed by atoms with Crippen LogP contribution in [0.2, 0.25) is 0 Å². The maximum absolute atomic E-state index is 3.54. The largest absolute Gasteiger partial charge is 0.316 e. The van der Waals surface area contributed by atoms with E-state index in [4.69, 9.17) is 0 Å². The van der Waals surface area contributed by atoms with Crippen molar-refractivity contribution < 1.29 is 0 Å². The van der Waals surface area contributed by atoms with Gasteiger partial charge in [-0.1, -0.05) is 20.8 Å². The van der Waals surface area contributed by atoms with Crippen LogP contribution in [0.1, 0.15) is 40.0 Å². The monoisotopic (exact) mass is 212 g/mol. The predicted molar refractivity (Wildman–Crippen MR) is 67.2 cm³/mol. The van der Waals surface area contributed by atoms with Crippen LogP contribution in [0.25, 0.3) is 0 Å². The van der Waals surface area contributed by atoms with Crippen LogP contribution in [0.15, 0.2) is 0 Å². The minimum absolute atomic E-state index is 0.819. The predicted octanol–water partition coefficient (Wildman–Crippen LogP) is 2.35. The summed E-state index contributed by atoms with van der Waals surface area (Å²) in [5, 5.41) is 3.54. The summed E-state index contributed by atoms with van der Waals surface area (Å²) in [5.41, 5.74) is 0. The second-order valence-electron chi connectivity index (χ2n) is 5.34. The summed E-state index contributed by atoms with van der Waals surface area (Å²) in [5.74, 6) is 1.75. The quantitative estimate of drug-likeness (QED) is 0.680. The number of hydrogen-bond acceptors (Lipinski definition) is 2. The van der Waals surface area contributed by atoms with Crippen LogP contribution in [0.4, 0.5) is 0 Å². The van der Waals surface area contributed by atoms with Crippen molar-refractivity contribution in [2.75, 3.05) is 32.7 Å². The van der Waals surface area contributed by atoms with Gasteiger partial charge in [-0.3, -0.25) is 0 Å². The van der Waals surface area contributed by atoms with Gasteiger partial charge >= 0.3 is 0 Å². The number of rotatable bonds is 6. The molecular weight excluding hydrogens is 184 g/mol. The molecule has 0 aromatic rings. The summed E-state index contributed by atoms with van der Waals surface area (Å²) in [6.45, 7) is 13.2. The van der Waals surface area contributed by atoms with E-state index < -0.39 is 0 Å². The van der Waals surface area contributed by atoms with Gasteiger partial charge in [0, 0.05) is 6.54 Å². The third kappa shape index (κ3) is 5.53. The first-order valence-electron chi connectivity index (χ1n) is 6.65. The number of hydrogen-bond donors (Lipinski definition) is 1. The molecule has 0 aromatic heterocycles. The Kier molecular flexibility index (Phi) is 6.26.